The van der Waals surface area contributed by atoms with Crippen molar-refractivity contribution >= 4 is 23.9 Å². The molecule has 0 atom stereocenters. The van der Waals surface area contributed by atoms with Crippen LogP contribution in [0.5, 0.6) is 0 Å². The number of pyridine rings is 1. The van der Waals surface area contributed by atoms with Crippen molar-refractivity contribution < 1.29 is 14.3 Å². The van der Waals surface area contributed by atoms with Crippen molar-refractivity contribution in [1.29, 1.82) is 0 Å². The summed E-state index contributed by atoms with van der Waals surface area (Å²) in [5.74, 6) is -0.760. The molecule has 0 spiro atoms. The number of H-pyrrole nitrogens is 1. The largest absolute Gasteiger partial charge is 0.464 e. The predicted molar refractivity (Wildman–Crippen MR) is 48.8 cm³/mol. The van der Waals surface area contributed by atoms with Gasteiger partial charge in [-0.25, -0.2) is 4.79 Å². The van der Waals surface area contributed by atoms with Crippen molar-refractivity contribution in [2.45, 2.75) is 0 Å². The fourth-order valence-electron chi connectivity index (χ4n) is 0.858. The molecule has 1 aromatic heterocycles. The lowest BCUT2D eigenvalue weighted by molar-refractivity contribution is 0.0593. The number of esters is 1. The van der Waals surface area contributed by atoms with Crippen LogP contribution in [0.3, 0.4) is 0 Å². The van der Waals surface area contributed by atoms with E-state index in [4.69, 9.17) is 11.6 Å². The summed E-state index contributed by atoms with van der Waals surface area (Å²) in [6.45, 7) is 0. The number of aromatic amines is 1. The number of nitrogens with one attached hydrogen (secondary N) is 1. The van der Waals surface area contributed by atoms with E-state index in [1.165, 1.54) is 0 Å². The van der Waals surface area contributed by atoms with E-state index in [9.17, 15) is 14.4 Å². The molecule has 6 heteroatoms. The van der Waals surface area contributed by atoms with Gasteiger partial charge in [-0.05, 0) is 6.07 Å². The predicted octanol–water partition coefficient (Wildman–Crippen LogP) is 0.627. The van der Waals surface area contributed by atoms with Crippen LogP contribution in [-0.2, 0) is 4.74 Å². The highest BCUT2D eigenvalue weighted by Gasteiger charge is 2.13. The summed E-state index contributed by atoms with van der Waals surface area (Å²) in [4.78, 5) is 34.6. The van der Waals surface area contributed by atoms with E-state index in [1.807, 2.05) is 0 Å². The van der Waals surface area contributed by atoms with Crippen LogP contribution in [0.1, 0.15) is 20.8 Å². The van der Waals surface area contributed by atoms with Gasteiger partial charge in [-0.15, -0.1) is 0 Å². The Morgan fingerprint density at radius 1 is 1.64 bits per heavy atom. The van der Waals surface area contributed by atoms with Gasteiger partial charge in [0.2, 0.25) is 0 Å². The molecule has 5 nitrogen and oxygen atoms in total. The monoisotopic (exact) mass is 215 g/mol. The van der Waals surface area contributed by atoms with Gasteiger partial charge in [-0.3, -0.25) is 9.59 Å². The number of carbonyl (C=O) groups is 2. The molecule has 1 aromatic rings. The minimum Gasteiger partial charge on any atom is -0.464 e. The third kappa shape index (κ3) is 1.82. The fourth-order valence-corrected chi connectivity index (χ4v) is 1.10. The van der Waals surface area contributed by atoms with Crippen molar-refractivity contribution in [1.82, 2.24) is 4.98 Å². The number of rotatable bonds is 2. The van der Waals surface area contributed by atoms with Crippen molar-refractivity contribution in [2.75, 3.05) is 7.11 Å². The number of methoxy groups -OCH3 is 1. The van der Waals surface area contributed by atoms with E-state index in [2.05, 4.69) is 9.72 Å². The van der Waals surface area contributed by atoms with Gasteiger partial charge in [0.05, 0.1) is 17.7 Å². The fraction of sp³-hybridized carbons (Fsp3) is 0.125. The number of aromatic nitrogens is 1. The van der Waals surface area contributed by atoms with E-state index in [0.29, 0.717) is 6.29 Å². The van der Waals surface area contributed by atoms with E-state index < -0.39 is 11.5 Å². The third-order valence-corrected chi connectivity index (χ3v) is 1.84. The van der Waals surface area contributed by atoms with Gasteiger partial charge in [-0.1, -0.05) is 11.6 Å². The zero-order valence-corrected chi connectivity index (χ0v) is 7.92. The number of hydrogen-bond acceptors (Lipinski definition) is 4. The zero-order valence-electron chi connectivity index (χ0n) is 7.17. The summed E-state index contributed by atoms with van der Waals surface area (Å²) in [7, 11) is 1.16. The summed E-state index contributed by atoms with van der Waals surface area (Å²) < 4.78 is 4.36. The summed E-state index contributed by atoms with van der Waals surface area (Å²) in [5.41, 5.74) is -0.975. The number of hydrogen-bond donors (Lipinski definition) is 1. The Balaban J connectivity index is 3.36. The number of aldehydes is 1. The number of carbonyl (C=O) groups excluding carboxylic acids is 2. The van der Waals surface area contributed by atoms with Crippen LogP contribution < -0.4 is 5.56 Å². The molecule has 0 amide bonds. The first-order chi connectivity index (χ1) is 6.60. The van der Waals surface area contributed by atoms with Gasteiger partial charge in [0.1, 0.15) is 5.69 Å². The first-order valence-electron chi connectivity index (χ1n) is 3.56. The minimum absolute atomic E-state index is 0.0291. The highest BCUT2D eigenvalue weighted by atomic mass is 35.5. The summed E-state index contributed by atoms with van der Waals surface area (Å²) in [6, 6.07) is 1.11. The highest BCUT2D eigenvalue weighted by molar-refractivity contribution is 6.33. The average Bonchev–Trinajstić information content (AvgIpc) is 2.19. The van der Waals surface area contributed by atoms with Crippen LogP contribution >= 0.6 is 11.6 Å². The smallest absolute Gasteiger partial charge is 0.356 e. The van der Waals surface area contributed by atoms with E-state index in [1.54, 1.807) is 0 Å². The molecule has 0 saturated carbocycles. The molecular weight excluding hydrogens is 210 g/mol. The summed E-state index contributed by atoms with van der Waals surface area (Å²) in [5, 5.41) is -0.0291. The normalized spacial score (nSPS) is 9.57. The molecule has 0 saturated heterocycles. The molecule has 1 heterocycles. The highest BCUT2D eigenvalue weighted by Crippen LogP contribution is 2.12. The number of ether oxygens (including phenoxy) is 1. The lowest BCUT2D eigenvalue weighted by atomic mass is 10.2. The molecule has 0 aliphatic carbocycles. The maximum Gasteiger partial charge on any atom is 0.356 e. The molecule has 0 aliphatic heterocycles. The molecule has 0 radical (unpaired) electrons. The zero-order chi connectivity index (χ0) is 10.7. The molecular formula is C8H6ClNO4. The molecule has 0 bridgehead atoms. The second-order valence-electron chi connectivity index (χ2n) is 2.39. The topological polar surface area (TPSA) is 76.2 Å². The first kappa shape index (κ1) is 10.5. The Labute approximate surface area is 83.6 Å². The molecule has 14 heavy (non-hydrogen) atoms. The number of halogens is 1. The maximum absolute atomic E-state index is 11.1. The molecule has 0 aromatic carbocycles. The van der Waals surface area contributed by atoms with Crippen LogP contribution in [-0.4, -0.2) is 24.3 Å². The van der Waals surface area contributed by atoms with E-state index in [-0.39, 0.29) is 16.3 Å². The summed E-state index contributed by atoms with van der Waals surface area (Å²) >= 11 is 5.62. The Bertz CT molecular complexity index is 437. The van der Waals surface area contributed by atoms with E-state index in [0.717, 1.165) is 13.2 Å². The Kier molecular flexibility index (Phi) is 3.03. The van der Waals surface area contributed by atoms with Crippen LogP contribution in [0.25, 0.3) is 0 Å². The maximum atomic E-state index is 11.1. The molecule has 0 aliphatic rings. The van der Waals surface area contributed by atoms with Crippen molar-refractivity contribution in [3.63, 3.8) is 0 Å². The SMILES string of the molecule is COC(=O)c1[nH]c(=O)c(C=O)cc1Cl. The first-order valence-corrected chi connectivity index (χ1v) is 3.94. The van der Waals surface area contributed by atoms with Gasteiger partial charge >= 0.3 is 5.97 Å². The third-order valence-electron chi connectivity index (χ3n) is 1.54. The van der Waals surface area contributed by atoms with Crippen molar-refractivity contribution in [3.05, 3.63) is 32.7 Å². The van der Waals surface area contributed by atoms with Crippen LogP contribution in [0, 0.1) is 0 Å². The van der Waals surface area contributed by atoms with Gasteiger partial charge in [0.15, 0.2) is 6.29 Å². The second kappa shape index (κ2) is 4.06. The Morgan fingerprint density at radius 3 is 2.79 bits per heavy atom. The standard InChI is InChI=1S/C8H6ClNO4/c1-14-8(13)6-5(9)2-4(3-11)7(12)10-6/h2-3H,1H3,(H,10,12). The lowest BCUT2D eigenvalue weighted by Crippen LogP contribution is -2.18. The van der Waals surface area contributed by atoms with Crippen LogP contribution in [0.4, 0.5) is 0 Å². The lowest BCUT2D eigenvalue weighted by Gasteiger charge is -2.01. The minimum atomic E-state index is -0.760. The van der Waals surface area contributed by atoms with E-state index >= 15 is 0 Å². The average molecular weight is 216 g/mol. The quantitative estimate of drug-likeness (QED) is 0.580. The van der Waals surface area contributed by atoms with Crippen LogP contribution in [0.2, 0.25) is 5.02 Å². The molecule has 0 fully saturated rings. The van der Waals surface area contributed by atoms with Gasteiger partial charge in [-0.2, -0.15) is 0 Å². The summed E-state index contributed by atoms with van der Waals surface area (Å²) in [6.07, 6.45) is 0.353. The van der Waals surface area contributed by atoms with Gasteiger partial charge < -0.3 is 9.72 Å². The van der Waals surface area contributed by atoms with Gasteiger partial charge in [0, 0.05) is 0 Å². The van der Waals surface area contributed by atoms with Crippen molar-refractivity contribution in [3.8, 4) is 0 Å². The second-order valence-corrected chi connectivity index (χ2v) is 2.79. The molecule has 1 N–H and O–H groups in total. The van der Waals surface area contributed by atoms with Gasteiger partial charge in [0.25, 0.3) is 5.56 Å². The Hall–Kier alpha value is -1.62. The van der Waals surface area contributed by atoms with Crippen LogP contribution in [0.15, 0.2) is 10.9 Å². The molecule has 1 rings (SSSR count). The molecule has 74 valence electrons. The molecule has 0 unspecified atom stereocenters. The van der Waals surface area contributed by atoms with Crippen molar-refractivity contribution in [2.24, 2.45) is 0 Å². The Morgan fingerprint density at radius 2 is 2.29 bits per heavy atom.